The number of benzene rings is 1. The highest BCUT2D eigenvalue weighted by atomic mass is 16.5. The number of fused-ring (bicyclic) bond motifs is 1. The van der Waals surface area contributed by atoms with Gasteiger partial charge in [-0.2, -0.15) is 0 Å². The average Bonchev–Trinajstić information content (AvgIpc) is 3.01. The average molecular weight is 302 g/mol. The maximum absolute atomic E-state index is 11.9. The van der Waals surface area contributed by atoms with Crippen LogP contribution in [-0.2, 0) is 6.54 Å². The summed E-state index contributed by atoms with van der Waals surface area (Å²) in [5, 5.41) is 1.00. The minimum Gasteiger partial charge on any atom is -0.497 e. The van der Waals surface area contributed by atoms with Crippen LogP contribution in [0.3, 0.4) is 0 Å². The van der Waals surface area contributed by atoms with Crippen LogP contribution in [0.4, 0.5) is 0 Å². The quantitative estimate of drug-likeness (QED) is 0.642. The summed E-state index contributed by atoms with van der Waals surface area (Å²) in [6.45, 7) is 0.846. The highest BCUT2D eigenvalue weighted by molar-refractivity contribution is 5.81. The third-order valence-corrected chi connectivity index (χ3v) is 4.93. The van der Waals surface area contributed by atoms with Crippen LogP contribution in [-0.4, -0.2) is 31.7 Å². The Morgan fingerprint density at radius 3 is 2.64 bits per heavy atom. The molecule has 4 heteroatoms. The van der Waals surface area contributed by atoms with Crippen LogP contribution in [0, 0.1) is 0 Å². The normalized spacial score (nSPS) is 16.3. The zero-order valence-electron chi connectivity index (χ0n) is 13.6. The molecule has 0 saturated heterocycles. The largest absolute Gasteiger partial charge is 0.497 e. The molecule has 0 atom stereocenters. The second-order valence-corrected chi connectivity index (χ2v) is 6.83. The number of nitrogens with zero attached hydrogens (tertiary/aromatic N) is 1. The van der Waals surface area contributed by atoms with Crippen LogP contribution < -0.4 is 10.4 Å². The predicted molar refractivity (Wildman–Crippen MR) is 87.1 cm³/mol. The van der Waals surface area contributed by atoms with Gasteiger partial charge in [0.1, 0.15) is 17.9 Å². The van der Waals surface area contributed by atoms with E-state index < -0.39 is 0 Å². The Kier molecular flexibility index (Phi) is 3.96. The first-order chi connectivity index (χ1) is 10.5. The number of methoxy groups -OCH3 is 1. The van der Waals surface area contributed by atoms with Crippen LogP contribution in [0.15, 0.2) is 33.5 Å². The highest BCUT2D eigenvalue weighted by Gasteiger charge is 2.31. The molecule has 0 bridgehead atoms. The highest BCUT2D eigenvalue weighted by Crippen LogP contribution is 2.30. The summed E-state index contributed by atoms with van der Waals surface area (Å²) in [5.74, 6) is 0.706. The van der Waals surface area contributed by atoms with Crippen molar-refractivity contribution in [2.24, 2.45) is 0 Å². The summed E-state index contributed by atoms with van der Waals surface area (Å²) in [4.78, 5) is 11.9. The van der Waals surface area contributed by atoms with Crippen molar-refractivity contribution in [2.75, 3.05) is 21.2 Å². The summed E-state index contributed by atoms with van der Waals surface area (Å²) < 4.78 is 11.5. The van der Waals surface area contributed by atoms with Gasteiger partial charge in [0.05, 0.1) is 27.2 Å². The molecule has 118 valence electrons. The number of rotatable bonds is 4. The molecule has 0 aliphatic heterocycles. The first-order valence-electron chi connectivity index (χ1n) is 7.93. The zero-order chi connectivity index (χ0) is 15.7. The van der Waals surface area contributed by atoms with Gasteiger partial charge in [-0.15, -0.1) is 0 Å². The molecule has 1 fully saturated rings. The van der Waals surface area contributed by atoms with Crippen molar-refractivity contribution in [1.82, 2.24) is 0 Å². The molecule has 0 unspecified atom stereocenters. The van der Waals surface area contributed by atoms with Crippen LogP contribution in [0.1, 0.15) is 31.2 Å². The fraction of sp³-hybridized carbons (Fsp3) is 0.500. The molecule has 2 aromatic rings. The molecule has 1 heterocycles. The van der Waals surface area contributed by atoms with Crippen LogP contribution in [0.2, 0.25) is 0 Å². The molecular formula is C18H24NO3+. The summed E-state index contributed by atoms with van der Waals surface area (Å²) in [5.41, 5.74) is 1.38. The van der Waals surface area contributed by atoms with Crippen molar-refractivity contribution in [3.8, 4) is 5.75 Å². The minimum atomic E-state index is -0.290. The standard InChI is InChI=1S/C18H24NO3/c1-19(2,14-6-4-5-7-14)12-13-10-18(20)22-17-11-15(21-3)8-9-16(13)17/h8-11,14H,4-7,12H2,1-3H3/q+1. The van der Waals surface area contributed by atoms with Gasteiger partial charge in [0.15, 0.2) is 0 Å². The Labute approximate surface area is 130 Å². The van der Waals surface area contributed by atoms with Crippen molar-refractivity contribution >= 4 is 11.0 Å². The molecule has 22 heavy (non-hydrogen) atoms. The van der Waals surface area contributed by atoms with E-state index >= 15 is 0 Å². The SMILES string of the molecule is COc1ccc2c(C[N+](C)(C)C3CCCC3)cc(=O)oc2c1. The summed E-state index contributed by atoms with van der Waals surface area (Å²) in [6, 6.07) is 8.02. The van der Waals surface area contributed by atoms with Gasteiger partial charge in [-0.25, -0.2) is 4.79 Å². The van der Waals surface area contributed by atoms with Gasteiger partial charge in [-0.05, 0) is 37.8 Å². The molecule has 3 rings (SSSR count). The van der Waals surface area contributed by atoms with Gasteiger partial charge in [0, 0.05) is 23.1 Å². The van der Waals surface area contributed by atoms with E-state index in [0.29, 0.717) is 17.4 Å². The molecule has 1 aliphatic rings. The molecule has 1 aromatic carbocycles. The topological polar surface area (TPSA) is 39.4 Å². The van der Waals surface area contributed by atoms with E-state index in [-0.39, 0.29) is 5.63 Å². The lowest BCUT2D eigenvalue weighted by molar-refractivity contribution is -0.927. The molecule has 0 spiro atoms. The molecular weight excluding hydrogens is 278 g/mol. The first-order valence-corrected chi connectivity index (χ1v) is 7.93. The van der Waals surface area contributed by atoms with E-state index in [4.69, 9.17) is 9.15 Å². The van der Waals surface area contributed by atoms with E-state index in [9.17, 15) is 4.79 Å². The zero-order valence-corrected chi connectivity index (χ0v) is 13.6. The molecule has 1 aliphatic carbocycles. The summed E-state index contributed by atoms with van der Waals surface area (Å²) >= 11 is 0. The Hall–Kier alpha value is -1.81. The van der Waals surface area contributed by atoms with Crippen molar-refractivity contribution < 1.29 is 13.6 Å². The lowest BCUT2D eigenvalue weighted by atomic mass is 10.1. The Morgan fingerprint density at radius 1 is 1.23 bits per heavy atom. The van der Waals surface area contributed by atoms with Crippen molar-refractivity contribution in [3.63, 3.8) is 0 Å². The van der Waals surface area contributed by atoms with Crippen LogP contribution in [0.25, 0.3) is 11.0 Å². The molecule has 0 radical (unpaired) electrons. The Balaban J connectivity index is 2.01. The van der Waals surface area contributed by atoms with E-state index in [1.807, 2.05) is 12.1 Å². The number of hydrogen-bond donors (Lipinski definition) is 0. The molecule has 0 N–H and O–H groups in total. The fourth-order valence-corrected chi connectivity index (χ4v) is 3.64. The van der Waals surface area contributed by atoms with E-state index in [2.05, 4.69) is 14.1 Å². The number of hydrogen-bond acceptors (Lipinski definition) is 3. The number of quaternary nitrogens is 1. The van der Waals surface area contributed by atoms with Crippen LogP contribution >= 0.6 is 0 Å². The fourth-order valence-electron chi connectivity index (χ4n) is 3.64. The van der Waals surface area contributed by atoms with Gasteiger partial charge in [-0.1, -0.05) is 0 Å². The minimum absolute atomic E-state index is 0.290. The number of ether oxygens (including phenoxy) is 1. The summed E-state index contributed by atoms with van der Waals surface area (Å²) in [7, 11) is 6.14. The molecule has 0 amide bonds. The van der Waals surface area contributed by atoms with Gasteiger partial charge >= 0.3 is 5.63 Å². The Morgan fingerprint density at radius 2 is 1.95 bits per heavy atom. The van der Waals surface area contributed by atoms with Crippen molar-refractivity contribution in [1.29, 1.82) is 0 Å². The third-order valence-electron chi connectivity index (χ3n) is 4.93. The molecule has 1 aromatic heterocycles. The Bertz CT molecular complexity index is 727. The first kappa shape index (κ1) is 15.1. The maximum Gasteiger partial charge on any atom is 0.336 e. The van der Waals surface area contributed by atoms with Gasteiger partial charge < -0.3 is 13.6 Å². The molecule has 4 nitrogen and oxygen atoms in total. The summed E-state index contributed by atoms with van der Waals surface area (Å²) in [6.07, 6.45) is 5.20. The third kappa shape index (κ3) is 2.88. The maximum atomic E-state index is 11.9. The lowest BCUT2D eigenvalue weighted by Gasteiger charge is -2.36. The lowest BCUT2D eigenvalue weighted by Crippen LogP contribution is -2.46. The molecule has 1 saturated carbocycles. The second-order valence-electron chi connectivity index (χ2n) is 6.83. The smallest absolute Gasteiger partial charge is 0.336 e. The van der Waals surface area contributed by atoms with Gasteiger partial charge in [0.2, 0.25) is 0 Å². The van der Waals surface area contributed by atoms with Crippen molar-refractivity contribution in [3.05, 3.63) is 40.2 Å². The van der Waals surface area contributed by atoms with Crippen molar-refractivity contribution in [2.45, 2.75) is 38.3 Å². The van der Waals surface area contributed by atoms with E-state index in [0.717, 1.165) is 22.0 Å². The van der Waals surface area contributed by atoms with E-state index in [1.165, 1.54) is 25.7 Å². The monoisotopic (exact) mass is 302 g/mol. The van der Waals surface area contributed by atoms with E-state index in [1.54, 1.807) is 19.2 Å². The van der Waals surface area contributed by atoms with Gasteiger partial charge in [0.25, 0.3) is 0 Å². The predicted octanol–water partition coefficient (Wildman–Crippen LogP) is 3.32. The van der Waals surface area contributed by atoms with Crippen LogP contribution in [0.5, 0.6) is 5.75 Å². The second kappa shape index (κ2) is 5.76. The van der Waals surface area contributed by atoms with Gasteiger partial charge in [-0.3, -0.25) is 0 Å².